The Morgan fingerprint density at radius 3 is 2.00 bits per heavy atom. The predicted octanol–water partition coefficient (Wildman–Crippen LogP) is 3.72. The standard InChI is InChI=1S/C19H32N2O5S/c1-5-6-7-8-9-10-11-12-27(22,23)21-20-15-16-13-17(24-2)19(26-4)18(14-16)25-3/h13-15,21H,5-12H2,1-4H3/b20-15-. The van der Waals surface area contributed by atoms with Gasteiger partial charge in [0.25, 0.3) is 0 Å². The molecule has 0 radical (unpaired) electrons. The van der Waals surface area contributed by atoms with E-state index in [1.165, 1.54) is 53.2 Å². The minimum atomic E-state index is -3.43. The molecule has 0 atom stereocenters. The van der Waals surface area contributed by atoms with E-state index in [2.05, 4.69) is 16.9 Å². The first-order chi connectivity index (χ1) is 13.0. The Bertz CT molecular complexity index is 664. The summed E-state index contributed by atoms with van der Waals surface area (Å²) in [5.74, 6) is 1.50. The number of hydrogen-bond acceptors (Lipinski definition) is 6. The third-order valence-corrected chi connectivity index (χ3v) is 5.32. The summed E-state index contributed by atoms with van der Waals surface area (Å²) in [7, 11) is 1.13. The fourth-order valence-electron chi connectivity index (χ4n) is 2.65. The Morgan fingerprint density at radius 1 is 0.926 bits per heavy atom. The van der Waals surface area contributed by atoms with E-state index in [-0.39, 0.29) is 5.75 Å². The number of sulfonamides is 1. The molecule has 1 aromatic rings. The summed E-state index contributed by atoms with van der Waals surface area (Å²) in [6.07, 6.45) is 8.89. The normalized spacial score (nSPS) is 11.6. The maximum absolute atomic E-state index is 12.0. The Labute approximate surface area is 163 Å². The van der Waals surface area contributed by atoms with Gasteiger partial charge in [-0.25, -0.2) is 13.2 Å². The zero-order valence-electron chi connectivity index (χ0n) is 16.8. The number of nitrogens with zero attached hydrogens (tertiary/aromatic N) is 1. The van der Waals surface area contributed by atoms with Crippen LogP contribution in [-0.4, -0.2) is 41.7 Å². The number of nitrogens with one attached hydrogen (secondary N) is 1. The van der Waals surface area contributed by atoms with Crippen LogP contribution in [0.5, 0.6) is 17.2 Å². The molecule has 7 nitrogen and oxygen atoms in total. The van der Waals surface area contributed by atoms with E-state index in [0.717, 1.165) is 12.8 Å². The van der Waals surface area contributed by atoms with Gasteiger partial charge in [0.2, 0.25) is 15.8 Å². The van der Waals surface area contributed by atoms with Crippen molar-refractivity contribution in [3.63, 3.8) is 0 Å². The molecule has 1 N–H and O–H groups in total. The average Bonchev–Trinajstić information content (AvgIpc) is 2.66. The Kier molecular flexibility index (Phi) is 10.6. The quantitative estimate of drug-likeness (QED) is 0.292. The van der Waals surface area contributed by atoms with Crippen molar-refractivity contribution in [1.82, 2.24) is 4.83 Å². The lowest BCUT2D eigenvalue weighted by atomic mass is 10.1. The van der Waals surface area contributed by atoms with Gasteiger partial charge < -0.3 is 14.2 Å². The van der Waals surface area contributed by atoms with Crippen molar-refractivity contribution >= 4 is 16.2 Å². The molecule has 0 saturated carbocycles. The second kappa shape index (κ2) is 12.4. The number of ether oxygens (including phenoxy) is 3. The third-order valence-electron chi connectivity index (χ3n) is 4.11. The van der Waals surface area contributed by atoms with E-state index in [4.69, 9.17) is 14.2 Å². The first-order valence-corrected chi connectivity index (χ1v) is 10.9. The molecule has 0 saturated heterocycles. The lowest BCUT2D eigenvalue weighted by molar-refractivity contribution is 0.324. The van der Waals surface area contributed by atoms with Crippen LogP contribution in [0.4, 0.5) is 0 Å². The molecule has 1 aromatic carbocycles. The van der Waals surface area contributed by atoms with Crippen LogP contribution in [0.1, 0.15) is 57.4 Å². The minimum absolute atomic E-state index is 0.0768. The Balaban J connectivity index is 2.55. The van der Waals surface area contributed by atoms with Crippen LogP contribution in [0.3, 0.4) is 0 Å². The highest BCUT2D eigenvalue weighted by atomic mass is 32.2. The third kappa shape index (κ3) is 8.51. The van der Waals surface area contributed by atoms with Crippen LogP contribution in [0.15, 0.2) is 17.2 Å². The summed E-state index contributed by atoms with van der Waals surface area (Å²) < 4.78 is 39.8. The molecule has 0 spiro atoms. The predicted molar refractivity (Wildman–Crippen MR) is 109 cm³/mol. The van der Waals surface area contributed by atoms with Crippen LogP contribution in [0, 0.1) is 0 Å². The highest BCUT2D eigenvalue weighted by molar-refractivity contribution is 7.89. The van der Waals surface area contributed by atoms with Crippen LogP contribution in [-0.2, 0) is 10.0 Å². The molecule has 27 heavy (non-hydrogen) atoms. The smallest absolute Gasteiger partial charge is 0.247 e. The summed E-state index contributed by atoms with van der Waals surface area (Å²) in [5.41, 5.74) is 0.628. The molecule has 154 valence electrons. The first kappa shape index (κ1) is 23.1. The molecule has 0 aliphatic heterocycles. The zero-order valence-corrected chi connectivity index (χ0v) is 17.6. The van der Waals surface area contributed by atoms with Crippen molar-refractivity contribution in [2.45, 2.75) is 51.9 Å². The van der Waals surface area contributed by atoms with Gasteiger partial charge >= 0.3 is 0 Å². The van der Waals surface area contributed by atoms with Gasteiger partial charge in [-0.15, -0.1) is 0 Å². The second-order valence-electron chi connectivity index (χ2n) is 6.25. The van der Waals surface area contributed by atoms with Crippen molar-refractivity contribution in [3.05, 3.63) is 17.7 Å². The lowest BCUT2D eigenvalue weighted by Gasteiger charge is -2.12. The highest BCUT2D eigenvalue weighted by Crippen LogP contribution is 2.37. The molecule has 0 aromatic heterocycles. The molecule has 0 aliphatic rings. The fraction of sp³-hybridized carbons (Fsp3) is 0.632. The molecule has 0 aliphatic carbocycles. The van der Waals surface area contributed by atoms with Gasteiger partial charge in [-0.3, -0.25) is 0 Å². The van der Waals surface area contributed by atoms with Gasteiger partial charge in [0.15, 0.2) is 11.5 Å². The molecule has 8 heteroatoms. The number of benzene rings is 1. The summed E-state index contributed by atoms with van der Waals surface area (Å²) in [6.45, 7) is 2.18. The molecule has 1 rings (SSSR count). The highest BCUT2D eigenvalue weighted by Gasteiger charge is 2.13. The van der Waals surface area contributed by atoms with Gasteiger partial charge in [-0.1, -0.05) is 45.4 Å². The Morgan fingerprint density at radius 2 is 1.48 bits per heavy atom. The molecule has 0 unspecified atom stereocenters. The number of rotatable bonds is 14. The van der Waals surface area contributed by atoms with Crippen molar-refractivity contribution in [1.29, 1.82) is 0 Å². The van der Waals surface area contributed by atoms with Gasteiger partial charge in [0.05, 0.1) is 33.3 Å². The van der Waals surface area contributed by atoms with Gasteiger partial charge in [0.1, 0.15) is 0 Å². The summed E-state index contributed by atoms with van der Waals surface area (Å²) >= 11 is 0. The van der Waals surface area contributed by atoms with E-state index in [9.17, 15) is 8.42 Å². The summed E-state index contributed by atoms with van der Waals surface area (Å²) in [6, 6.07) is 3.38. The first-order valence-electron chi connectivity index (χ1n) is 9.30. The minimum Gasteiger partial charge on any atom is -0.493 e. The molecule has 0 bridgehead atoms. The molecular weight excluding hydrogens is 368 g/mol. The van der Waals surface area contributed by atoms with E-state index in [0.29, 0.717) is 29.2 Å². The van der Waals surface area contributed by atoms with E-state index in [1.54, 1.807) is 12.1 Å². The van der Waals surface area contributed by atoms with Crippen molar-refractivity contribution in [2.24, 2.45) is 5.10 Å². The number of unbranched alkanes of at least 4 members (excludes halogenated alkanes) is 6. The van der Waals surface area contributed by atoms with Gasteiger partial charge in [0, 0.05) is 5.56 Å². The van der Waals surface area contributed by atoms with E-state index < -0.39 is 10.0 Å². The molecule has 0 fully saturated rings. The van der Waals surface area contributed by atoms with Crippen LogP contribution in [0.2, 0.25) is 0 Å². The maximum atomic E-state index is 12.0. The molecule has 0 heterocycles. The van der Waals surface area contributed by atoms with Crippen LogP contribution in [0.25, 0.3) is 0 Å². The number of methoxy groups -OCH3 is 3. The SMILES string of the molecule is CCCCCCCCCS(=O)(=O)N/N=C\c1cc(OC)c(OC)c(OC)c1. The summed E-state index contributed by atoms with van der Waals surface area (Å²) in [5, 5.41) is 3.84. The van der Waals surface area contributed by atoms with Gasteiger partial charge in [-0.05, 0) is 18.6 Å². The number of hydrogen-bond donors (Lipinski definition) is 1. The zero-order chi connectivity index (χ0) is 20.1. The number of hydrazone groups is 1. The van der Waals surface area contributed by atoms with E-state index >= 15 is 0 Å². The average molecular weight is 401 g/mol. The molecule has 0 amide bonds. The Hall–Kier alpha value is -1.96. The van der Waals surface area contributed by atoms with Gasteiger partial charge in [-0.2, -0.15) is 5.10 Å². The second-order valence-corrected chi connectivity index (χ2v) is 8.07. The maximum Gasteiger partial charge on any atom is 0.247 e. The lowest BCUT2D eigenvalue weighted by Crippen LogP contribution is -2.21. The molecular formula is C19H32N2O5S. The van der Waals surface area contributed by atoms with Crippen molar-refractivity contribution in [2.75, 3.05) is 27.1 Å². The van der Waals surface area contributed by atoms with Crippen molar-refractivity contribution in [3.8, 4) is 17.2 Å². The largest absolute Gasteiger partial charge is 0.493 e. The van der Waals surface area contributed by atoms with Crippen molar-refractivity contribution < 1.29 is 22.6 Å². The topological polar surface area (TPSA) is 86.2 Å². The fourth-order valence-corrected chi connectivity index (χ4v) is 3.54. The van der Waals surface area contributed by atoms with E-state index in [1.807, 2.05) is 0 Å². The van der Waals surface area contributed by atoms with Crippen LogP contribution >= 0.6 is 0 Å². The summed E-state index contributed by atoms with van der Waals surface area (Å²) in [4.78, 5) is 2.25. The van der Waals surface area contributed by atoms with Crippen LogP contribution < -0.4 is 19.0 Å². The monoisotopic (exact) mass is 400 g/mol.